The first-order chi connectivity index (χ1) is 8.60. The van der Waals surface area contributed by atoms with Crippen molar-refractivity contribution < 1.29 is 9.84 Å². The van der Waals surface area contributed by atoms with Crippen LogP contribution in [-0.4, -0.2) is 61.6 Å². The Morgan fingerprint density at radius 2 is 2.28 bits per heavy atom. The number of rotatable bonds is 3. The summed E-state index contributed by atoms with van der Waals surface area (Å²) in [6.07, 6.45) is -0.128. The molecular weight excluding hydrogens is 232 g/mol. The number of ether oxygens (including phenoxy) is 1. The normalized spacial score (nSPS) is 20.0. The Labute approximate surface area is 107 Å². The van der Waals surface area contributed by atoms with E-state index < -0.39 is 0 Å². The third-order valence-electron chi connectivity index (χ3n) is 2.94. The SMILES string of the molecule is Cc1nc(N(C)C)cc(N2CCOC(CO)C2)n1. The number of nitrogens with zero attached hydrogens (tertiary/aromatic N) is 4. The Hall–Kier alpha value is -1.40. The molecule has 1 aliphatic rings. The molecule has 1 aliphatic heterocycles. The molecule has 1 aromatic rings. The summed E-state index contributed by atoms with van der Waals surface area (Å²) in [5.74, 6) is 2.54. The highest BCUT2D eigenvalue weighted by atomic mass is 16.5. The van der Waals surface area contributed by atoms with Crippen molar-refractivity contribution in [1.29, 1.82) is 0 Å². The number of hydrogen-bond acceptors (Lipinski definition) is 6. The third-order valence-corrected chi connectivity index (χ3v) is 2.94. The molecule has 0 amide bonds. The van der Waals surface area contributed by atoms with E-state index in [-0.39, 0.29) is 12.7 Å². The molecule has 1 unspecified atom stereocenters. The van der Waals surface area contributed by atoms with Gasteiger partial charge in [-0.05, 0) is 6.92 Å². The zero-order chi connectivity index (χ0) is 13.1. The van der Waals surface area contributed by atoms with Gasteiger partial charge in [-0.25, -0.2) is 9.97 Å². The fourth-order valence-corrected chi connectivity index (χ4v) is 1.97. The average molecular weight is 252 g/mol. The van der Waals surface area contributed by atoms with Crippen LogP contribution in [0.1, 0.15) is 5.82 Å². The van der Waals surface area contributed by atoms with Crippen LogP contribution in [0.5, 0.6) is 0 Å². The van der Waals surface area contributed by atoms with E-state index in [4.69, 9.17) is 9.84 Å². The van der Waals surface area contributed by atoms with E-state index in [0.29, 0.717) is 13.2 Å². The highest BCUT2D eigenvalue weighted by molar-refractivity contribution is 5.50. The maximum Gasteiger partial charge on any atom is 0.134 e. The Kier molecular flexibility index (Phi) is 3.98. The molecule has 2 rings (SSSR count). The number of hydrogen-bond donors (Lipinski definition) is 1. The molecule has 6 nitrogen and oxygen atoms in total. The molecule has 1 N–H and O–H groups in total. The van der Waals surface area contributed by atoms with Gasteiger partial charge in [0.1, 0.15) is 17.5 Å². The Morgan fingerprint density at radius 1 is 1.50 bits per heavy atom. The molecule has 1 aromatic heterocycles. The second kappa shape index (κ2) is 5.49. The fourth-order valence-electron chi connectivity index (χ4n) is 1.97. The maximum atomic E-state index is 9.16. The first-order valence-electron chi connectivity index (χ1n) is 6.10. The van der Waals surface area contributed by atoms with Crippen molar-refractivity contribution in [2.24, 2.45) is 0 Å². The minimum Gasteiger partial charge on any atom is -0.394 e. The van der Waals surface area contributed by atoms with Crippen molar-refractivity contribution in [3.63, 3.8) is 0 Å². The smallest absolute Gasteiger partial charge is 0.134 e. The topological polar surface area (TPSA) is 61.7 Å². The monoisotopic (exact) mass is 252 g/mol. The Bertz CT molecular complexity index is 411. The predicted molar refractivity (Wildman–Crippen MR) is 70.1 cm³/mol. The van der Waals surface area contributed by atoms with E-state index in [2.05, 4.69) is 14.9 Å². The molecule has 1 atom stereocenters. The lowest BCUT2D eigenvalue weighted by Crippen LogP contribution is -2.44. The summed E-state index contributed by atoms with van der Waals surface area (Å²) in [5, 5.41) is 9.16. The van der Waals surface area contributed by atoms with Gasteiger partial charge in [0.15, 0.2) is 0 Å². The van der Waals surface area contributed by atoms with Crippen molar-refractivity contribution in [1.82, 2.24) is 9.97 Å². The van der Waals surface area contributed by atoms with Crippen LogP contribution < -0.4 is 9.80 Å². The molecule has 6 heteroatoms. The summed E-state index contributed by atoms with van der Waals surface area (Å²) in [4.78, 5) is 12.9. The van der Waals surface area contributed by atoms with Gasteiger partial charge in [0.05, 0.1) is 19.3 Å². The molecule has 100 valence electrons. The molecule has 0 bridgehead atoms. The summed E-state index contributed by atoms with van der Waals surface area (Å²) < 4.78 is 5.44. The van der Waals surface area contributed by atoms with E-state index in [1.807, 2.05) is 32.0 Å². The van der Waals surface area contributed by atoms with Gasteiger partial charge in [0.25, 0.3) is 0 Å². The molecule has 0 aromatic carbocycles. The first-order valence-corrected chi connectivity index (χ1v) is 6.10. The summed E-state index contributed by atoms with van der Waals surface area (Å²) in [7, 11) is 3.92. The van der Waals surface area contributed by atoms with Gasteiger partial charge >= 0.3 is 0 Å². The second-order valence-corrected chi connectivity index (χ2v) is 4.65. The highest BCUT2D eigenvalue weighted by Gasteiger charge is 2.21. The summed E-state index contributed by atoms with van der Waals surface area (Å²) in [5.41, 5.74) is 0. The minimum absolute atomic E-state index is 0.0428. The van der Waals surface area contributed by atoms with Crippen molar-refractivity contribution in [3.8, 4) is 0 Å². The summed E-state index contributed by atoms with van der Waals surface area (Å²) in [6, 6.07) is 1.97. The van der Waals surface area contributed by atoms with Crippen molar-refractivity contribution in [2.45, 2.75) is 13.0 Å². The van der Waals surface area contributed by atoms with Gasteiger partial charge in [-0.2, -0.15) is 0 Å². The van der Waals surface area contributed by atoms with Crippen LogP contribution in [0.15, 0.2) is 6.07 Å². The van der Waals surface area contributed by atoms with E-state index in [1.165, 1.54) is 0 Å². The van der Waals surface area contributed by atoms with Crippen molar-refractivity contribution in [3.05, 3.63) is 11.9 Å². The van der Waals surface area contributed by atoms with Gasteiger partial charge in [0, 0.05) is 33.3 Å². The van der Waals surface area contributed by atoms with Crippen LogP contribution in [0.2, 0.25) is 0 Å². The lowest BCUT2D eigenvalue weighted by molar-refractivity contribution is 0.00335. The van der Waals surface area contributed by atoms with Gasteiger partial charge in [-0.1, -0.05) is 0 Å². The lowest BCUT2D eigenvalue weighted by Gasteiger charge is -2.33. The van der Waals surface area contributed by atoms with E-state index in [9.17, 15) is 0 Å². The number of aliphatic hydroxyl groups excluding tert-OH is 1. The molecule has 0 spiro atoms. The van der Waals surface area contributed by atoms with Crippen molar-refractivity contribution in [2.75, 3.05) is 50.2 Å². The van der Waals surface area contributed by atoms with Crippen LogP contribution in [0.25, 0.3) is 0 Å². The summed E-state index contributed by atoms with van der Waals surface area (Å²) in [6.45, 7) is 4.01. The van der Waals surface area contributed by atoms with Crippen LogP contribution in [0, 0.1) is 6.92 Å². The van der Waals surface area contributed by atoms with Crippen LogP contribution in [-0.2, 0) is 4.74 Å². The summed E-state index contributed by atoms with van der Waals surface area (Å²) >= 11 is 0. The quantitative estimate of drug-likeness (QED) is 0.820. The van der Waals surface area contributed by atoms with Gasteiger partial charge in [0.2, 0.25) is 0 Å². The molecule has 18 heavy (non-hydrogen) atoms. The van der Waals surface area contributed by atoms with E-state index in [0.717, 1.165) is 24.0 Å². The zero-order valence-corrected chi connectivity index (χ0v) is 11.1. The number of aliphatic hydroxyl groups is 1. The predicted octanol–water partition coefficient (Wildman–Crippen LogP) is 0.0485. The highest BCUT2D eigenvalue weighted by Crippen LogP contribution is 2.19. The Balaban J connectivity index is 2.21. The fraction of sp³-hybridized carbons (Fsp3) is 0.667. The van der Waals surface area contributed by atoms with Gasteiger partial charge in [-0.15, -0.1) is 0 Å². The molecular formula is C12H20N4O2. The average Bonchev–Trinajstić information content (AvgIpc) is 2.38. The lowest BCUT2D eigenvalue weighted by atomic mass is 10.3. The largest absolute Gasteiger partial charge is 0.394 e. The first kappa shape index (κ1) is 13.0. The number of anilines is 2. The second-order valence-electron chi connectivity index (χ2n) is 4.65. The van der Waals surface area contributed by atoms with Crippen LogP contribution in [0.3, 0.4) is 0 Å². The standard InChI is InChI=1S/C12H20N4O2/c1-9-13-11(15(2)3)6-12(14-9)16-4-5-18-10(7-16)8-17/h6,10,17H,4-5,7-8H2,1-3H3. The van der Waals surface area contributed by atoms with Gasteiger partial charge < -0.3 is 19.6 Å². The van der Waals surface area contributed by atoms with E-state index in [1.54, 1.807) is 0 Å². The molecule has 2 heterocycles. The molecule has 1 saturated heterocycles. The minimum atomic E-state index is -0.128. The molecule has 0 aliphatic carbocycles. The Morgan fingerprint density at radius 3 is 2.94 bits per heavy atom. The van der Waals surface area contributed by atoms with E-state index >= 15 is 0 Å². The van der Waals surface area contributed by atoms with Crippen LogP contribution in [0.4, 0.5) is 11.6 Å². The van der Waals surface area contributed by atoms with Gasteiger partial charge in [-0.3, -0.25) is 0 Å². The molecule has 0 saturated carbocycles. The third kappa shape index (κ3) is 2.88. The zero-order valence-electron chi connectivity index (χ0n) is 11.1. The van der Waals surface area contributed by atoms with Crippen LogP contribution >= 0.6 is 0 Å². The number of morpholine rings is 1. The number of aromatic nitrogens is 2. The number of aryl methyl sites for hydroxylation is 1. The maximum absolute atomic E-state index is 9.16. The van der Waals surface area contributed by atoms with Crippen molar-refractivity contribution >= 4 is 11.6 Å². The molecule has 1 fully saturated rings. The molecule has 0 radical (unpaired) electrons.